The van der Waals surface area contributed by atoms with Crippen LogP contribution < -0.4 is 4.74 Å². The Morgan fingerprint density at radius 1 is 1.29 bits per heavy atom. The Morgan fingerprint density at radius 3 is 2.38 bits per heavy atom. The maximum Gasteiger partial charge on any atom is 0.344 e. The fraction of sp³-hybridized carbons (Fsp3) is 0.250. The predicted molar refractivity (Wildman–Crippen MR) is 78.4 cm³/mol. The summed E-state index contributed by atoms with van der Waals surface area (Å²) in [5.41, 5.74) is 3.39. The normalized spacial score (nSPS) is 12.0. The molecule has 0 aliphatic rings. The SMILES string of the molecule is Cc1cc(C=O)c(C)n1-c1ccc(O[C@H](C)C(=O)O)cc1. The highest BCUT2D eigenvalue weighted by Crippen LogP contribution is 2.22. The van der Waals surface area contributed by atoms with Crippen molar-refractivity contribution in [3.8, 4) is 11.4 Å². The van der Waals surface area contributed by atoms with E-state index in [-0.39, 0.29) is 0 Å². The lowest BCUT2D eigenvalue weighted by Crippen LogP contribution is -2.22. The molecule has 0 amide bonds. The van der Waals surface area contributed by atoms with E-state index in [4.69, 9.17) is 9.84 Å². The second kappa shape index (κ2) is 5.83. The summed E-state index contributed by atoms with van der Waals surface area (Å²) < 4.78 is 7.25. The van der Waals surface area contributed by atoms with E-state index in [0.29, 0.717) is 11.3 Å². The first-order chi connectivity index (χ1) is 9.93. The summed E-state index contributed by atoms with van der Waals surface area (Å²) in [6.45, 7) is 5.29. The lowest BCUT2D eigenvalue weighted by atomic mass is 10.2. The Balaban J connectivity index is 2.29. The number of hydrogen-bond acceptors (Lipinski definition) is 3. The molecule has 1 N–H and O–H groups in total. The van der Waals surface area contributed by atoms with Gasteiger partial charge in [0.1, 0.15) is 5.75 Å². The maximum absolute atomic E-state index is 11.0. The molecule has 0 aliphatic heterocycles. The number of carboxylic acid groups (broad SMARTS) is 1. The van der Waals surface area contributed by atoms with Crippen molar-refractivity contribution in [1.29, 1.82) is 0 Å². The number of benzene rings is 1. The van der Waals surface area contributed by atoms with Crippen molar-refractivity contribution in [2.75, 3.05) is 0 Å². The van der Waals surface area contributed by atoms with Crippen LogP contribution in [0.5, 0.6) is 5.75 Å². The molecule has 0 spiro atoms. The fourth-order valence-corrected chi connectivity index (χ4v) is 2.23. The second-order valence-electron chi connectivity index (χ2n) is 4.87. The van der Waals surface area contributed by atoms with Crippen molar-refractivity contribution < 1.29 is 19.4 Å². The highest BCUT2D eigenvalue weighted by molar-refractivity contribution is 5.77. The first kappa shape index (κ1) is 14.8. The van der Waals surface area contributed by atoms with Crippen molar-refractivity contribution >= 4 is 12.3 Å². The number of aromatic nitrogens is 1. The topological polar surface area (TPSA) is 68.5 Å². The number of hydrogen-bond donors (Lipinski definition) is 1. The van der Waals surface area contributed by atoms with Gasteiger partial charge in [-0.3, -0.25) is 4.79 Å². The van der Waals surface area contributed by atoms with Gasteiger partial charge in [0.05, 0.1) is 0 Å². The van der Waals surface area contributed by atoms with E-state index >= 15 is 0 Å². The molecule has 5 heteroatoms. The molecule has 0 saturated heterocycles. The molecule has 0 aliphatic carbocycles. The summed E-state index contributed by atoms with van der Waals surface area (Å²) in [5.74, 6) is -0.515. The summed E-state index contributed by atoms with van der Waals surface area (Å²) in [7, 11) is 0. The lowest BCUT2D eigenvalue weighted by Gasteiger charge is -2.13. The standard InChI is InChI=1S/C16H17NO4/c1-10-8-13(9-18)11(2)17(10)14-4-6-15(7-5-14)21-12(3)16(19)20/h4-9,12H,1-3H3,(H,19,20)/t12-/m1/s1. The third kappa shape index (κ3) is 2.97. The van der Waals surface area contributed by atoms with Gasteiger partial charge in [-0.25, -0.2) is 4.79 Å². The Morgan fingerprint density at radius 2 is 1.90 bits per heavy atom. The third-order valence-electron chi connectivity index (χ3n) is 3.35. The molecule has 0 bridgehead atoms. The average molecular weight is 287 g/mol. The van der Waals surface area contributed by atoms with E-state index in [0.717, 1.165) is 23.4 Å². The molecular formula is C16H17NO4. The number of aldehydes is 1. The minimum atomic E-state index is -1.01. The number of ether oxygens (including phenoxy) is 1. The second-order valence-corrected chi connectivity index (χ2v) is 4.87. The van der Waals surface area contributed by atoms with Crippen LogP contribution in [0.15, 0.2) is 30.3 Å². The van der Waals surface area contributed by atoms with Gasteiger partial charge in [0.15, 0.2) is 12.4 Å². The van der Waals surface area contributed by atoms with E-state index in [1.165, 1.54) is 6.92 Å². The molecule has 110 valence electrons. The molecule has 21 heavy (non-hydrogen) atoms. The smallest absolute Gasteiger partial charge is 0.344 e. The predicted octanol–water partition coefficient (Wildman–Crippen LogP) is 2.76. The summed E-state index contributed by atoms with van der Waals surface area (Å²) in [4.78, 5) is 21.7. The van der Waals surface area contributed by atoms with E-state index in [9.17, 15) is 9.59 Å². The summed E-state index contributed by atoms with van der Waals surface area (Å²) in [5, 5.41) is 8.82. The van der Waals surface area contributed by atoms with Crippen LogP contribution in [0.25, 0.3) is 5.69 Å². The highest BCUT2D eigenvalue weighted by atomic mass is 16.5. The van der Waals surface area contributed by atoms with Gasteiger partial charge in [0.2, 0.25) is 0 Å². The van der Waals surface area contributed by atoms with Crippen LogP contribution in [0, 0.1) is 13.8 Å². The van der Waals surface area contributed by atoms with Gasteiger partial charge >= 0.3 is 5.97 Å². The molecule has 0 saturated carbocycles. The number of aliphatic carboxylic acids is 1. The minimum absolute atomic E-state index is 0.492. The zero-order chi connectivity index (χ0) is 15.6. The molecule has 2 aromatic rings. The molecule has 0 unspecified atom stereocenters. The number of carboxylic acids is 1. The number of carbonyl (C=O) groups excluding carboxylic acids is 1. The van der Waals surface area contributed by atoms with Crippen LogP contribution in [0.4, 0.5) is 0 Å². The quantitative estimate of drug-likeness (QED) is 0.859. The van der Waals surface area contributed by atoms with Gasteiger partial charge in [-0.05, 0) is 51.1 Å². The van der Waals surface area contributed by atoms with E-state index in [2.05, 4.69) is 0 Å². The van der Waals surface area contributed by atoms with Crippen molar-refractivity contribution in [3.05, 3.63) is 47.3 Å². The molecule has 2 rings (SSSR count). The summed E-state index contributed by atoms with van der Waals surface area (Å²) >= 11 is 0. The van der Waals surface area contributed by atoms with Crippen molar-refractivity contribution in [2.45, 2.75) is 26.9 Å². The van der Waals surface area contributed by atoms with Crippen LogP contribution >= 0.6 is 0 Å². The van der Waals surface area contributed by atoms with Crippen LogP contribution in [-0.2, 0) is 4.79 Å². The van der Waals surface area contributed by atoms with Gasteiger partial charge in [0, 0.05) is 22.6 Å². The molecule has 1 heterocycles. The average Bonchev–Trinajstić information content (AvgIpc) is 2.74. The Labute approximate surface area is 122 Å². The minimum Gasteiger partial charge on any atom is -0.479 e. The number of aryl methyl sites for hydroxylation is 1. The van der Waals surface area contributed by atoms with Gasteiger partial charge in [-0.1, -0.05) is 0 Å². The summed E-state index contributed by atoms with van der Waals surface area (Å²) in [6, 6.07) is 8.93. The van der Waals surface area contributed by atoms with Crippen LogP contribution in [-0.4, -0.2) is 28.0 Å². The van der Waals surface area contributed by atoms with Crippen molar-refractivity contribution in [2.24, 2.45) is 0 Å². The molecule has 0 radical (unpaired) electrons. The molecule has 1 aromatic heterocycles. The first-order valence-electron chi connectivity index (χ1n) is 6.58. The van der Waals surface area contributed by atoms with Gasteiger partial charge < -0.3 is 14.4 Å². The number of nitrogens with zero attached hydrogens (tertiary/aromatic N) is 1. The zero-order valence-electron chi connectivity index (χ0n) is 12.2. The van der Waals surface area contributed by atoms with Crippen LogP contribution in [0.2, 0.25) is 0 Å². The van der Waals surface area contributed by atoms with E-state index < -0.39 is 12.1 Å². The fourth-order valence-electron chi connectivity index (χ4n) is 2.23. The van der Waals surface area contributed by atoms with Gasteiger partial charge in [-0.2, -0.15) is 0 Å². The first-order valence-corrected chi connectivity index (χ1v) is 6.58. The van der Waals surface area contributed by atoms with E-state index in [1.54, 1.807) is 12.1 Å². The van der Waals surface area contributed by atoms with Gasteiger partial charge in [-0.15, -0.1) is 0 Å². The van der Waals surface area contributed by atoms with Crippen LogP contribution in [0.3, 0.4) is 0 Å². The van der Waals surface area contributed by atoms with Crippen molar-refractivity contribution in [1.82, 2.24) is 4.57 Å². The molecule has 5 nitrogen and oxygen atoms in total. The lowest BCUT2D eigenvalue weighted by molar-refractivity contribution is -0.144. The third-order valence-corrected chi connectivity index (χ3v) is 3.35. The monoisotopic (exact) mass is 287 g/mol. The number of carbonyl (C=O) groups is 2. The molecule has 1 aromatic carbocycles. The van der Waals surface area contributed by atoms with Crippen molar-refractivity contribution in [3.63, 3.8) is 0 Å². The maximum atomic E-state index is 11.0. The largest absolute Gasteiger partial charge is 0.479 e. The highest BCUT2D eigenvalue weighted by Gasteiger charge is 2.13. The van der Waals surface area contributed by atoms with Crippen LogP contribution in [0.1, 0.15) is 28.7 Å². The van der Waals surface area contributed by atoms with Gasteiger partial charge in [0.25, 0.3) is 0 Å². The number of rotatable bonds is 5. The molecular weight excluding hydrogens is 270 g/mol. The Kier molecular flexibility index (Phi) is 4.12. The molecule has 0 fully saturated rings. The Bertz CT molecular complexity index is 670. The summed E-state index contributed by atoms with van der Waals surface area (Å²) in [6.07, 6.45) is -0.0576. The molecule has 1 atom stereocenters. The van der Waals surface area contributed by atoms with E-state index in [1.807, 2.05) is 36.6 Å². The zero-order valence-corrected chi connectivity index (χ0v) is 12.2. The Hall–Kier alpha value is -2.56.